The summed E-state index contributed by atoms with van der Waals surface area (Å²) >= 11 is 2.38. The standard InChI is InChI=1S/C20H20FIN2/c1-23-10-9-20-17(13-23)16-12-15(22)6-7-19(16)24(20)11-8-14-4-2-3-5-18(14)21/h2-7,12H,8-11,13H2,1H3. The summed E-state index contributed by atoms with van der Waals surface area (Å²) in [5, 5.41) is 1.36. The van der Waals surface area contributed by atoms with E-state index in [0.29, 0.717) is 0 Å². The van der Waals surface area contributed by atoms with Crippen LogP contribution in [0.1, 0.15) is 16.8 Å². The van der Waals surface area contributed by atoms with E-state index in [9.17, 15) is 4.39 Å². The van der Waals surface area contributed by atoms with Crippen molar-refractivity contribution in [1.82, 2.24) is 9.47 Å². The van der Waals surface area contributed by atoms with Gasteiger partial charge in [0.05, 0.1) is 0 Å². The molecule has 0 unspecified atom stereocenters. The molecule has 3 aromatic rings. The van der Waals surface area contributed by atoms with Crippen LogP contribution in [0.25, 0.3) is 10.9 Å². The zero-order valence-electron chi connectivity index (χ0n) is 13.7. The fraction of sp³-hybridized carbons (Fsp3) is 0.300. The monoisotopic (exact) mass is 434 g/mol. The number of nitrogens with zero attached hydrogens (tertiary/aromatic N) is 2. The molecule has 1 aromatic heterocycles. The van der Waals surface area contributed by atoms with Crippen LogP contribution in [0.15, 0.2) is 42.5 Å². The van der Waals surface area contributed by atoms with Gasteiger partial charge in [-0.3, -0.25) is 0 Å². The van der Waals surface area contributed by atoms with E-state index in [1.807, 2.05) is 12.1 Å². The maximum Gasteiger partial charge on any atom is 0.126 e. The molecule has 0 bridgehead atoms. The van der Waals surface area contributed by atoms with Gasteiger partial charge in [-0.2, -0.15) is 0 Å². The van der Waals surface area contributed by atoms with Crippen molar-refractivity contribution in [2.45, 2.75) is 25.9 Å². The molecule has 0 atom stereocenters. The third-order valence-corrected chi connectivity index (χ3v) is 5.64. The maximum absolute atomic E-state index is 14.0. The van der Waals surface area contributed by atoms with Crippen molar-refractivity contribution in [3.8, 4) is 0 Å². The number of rotatable bonds is 3. The Kier molecular flexibility index (Phi) is 4.35. The Morgan fingerprint density at radius 1 is 1.17 bits per heavy atom. The molecule has 0 N–H and O–H groups in total. The summed E-state index contributed by atoms with van der Waals surface area (Å²) in [5.41, 5.74) is 4.96. The van der Waals surface area contributed by atoms with Gasteiger partial charge in [0.1, 0.15) is 5.82 Å². The Hall–Kier alpha value is -1.40. The molecular weight excluding hydrogens is 414 g/mol. The molecule has 0 aliphatic carbocycles. The van der Waals surface area contributed by atoms with Crippen LogP contribution in [0.2, 0.25) is 0 Å². The largest absolute Gasteiger partial charge is 0.344 e. The van der Waals surface area contributed by atoms with Crippen molar-refractivity contribution >= 4 is 33.5 Å². The zero-order chi connectivity index (χ0) is 16.7. The van der Waals surface area contributed by atoms with E-state index in [2.05, 4.69) is 57.3 Å². The predicted molar refractivity (Wildman–Crippen MR) is 105 cm³/mol. The minimum Gasteiger partial charge on any atom is -0.344 e. The minimum absolute atomic E-state index is 0.0999. The molecule has 0 saturated carbocycles. The topological polar surface area (TPSA) is 8.17 Å². The van der Waals surface area contributed by atoms with Gasteiger partial charge < -0.3 is 9.47 Å². The van der Waals surface area contributed by atoms with Crippen LogP contribution >= 0.6 is 22.6 Å². The first-order valence-corrected chi connectivity index (χ1v) is 9.43. The predicted octanol–water partition coefficient (Wildman–Crippen LogP) is 4.62. The van der Waals surface area contributed by atoms with Gasteiger partial charge in [0.15, 0.2) is 0 Å². The Morgan fingerprint density at radius 2 is 2.00 bits per heavy atom. The van der Waals surface area contributed by atoms with Crippen molar-refractivity contribution in [3.63, 3.8) is 0 Å². The van der Waals surface area contributed by atoms with Gasteiger partial charge in [-0.15, -0.1) is 0 Å². The highest BCUT2D eigenvalue weighted by Gasteiger charge is 2.22. The average Bonchev–Trinajstić information content (AvgIpc) is 2.87. The fourth-order valence-electron chi connectivity index (χ4n) is 3.75. The van der Waals surface area contributed by atoms with Crippen LogP contribution in [-0.2, 0) is 25.9 Å². The van der Waals surface area contributed by atoms with Crippen molar-refractivity contribution < 1.29 is 4.39 Å². The van der Waals surface area contributed by atoms with Gasteiger partial charge in [0, 0.05) is 46.2 Å². The molecule has 4 heteroatoms. The number of hydrogen-bond acceptors (Lipinski definition) is 1. The van der Waals surface area contributed by atoms with Crippen LogP contribution in [0.3, 0.4) is 0 Å². The highest BCUT2D eigenvalue weighted by atomic mass is 127. The molecule has 0 saturated heterocycles. The second-order valence-corrected chi connectivity index (χ2v) is 7.81. The van der Waals surface area contributed by atoms with Crippen molar-refractivity contribution in [2.75, 3.05) is 13.6 Å². The number of aromatic nitrogens is 1. The van der Waals surface area contributed by atoms with Gasteiger partial charge in [0.25, 0.3) is 0 Å². The molecule has 0 radical (unpaired) electrons. The van der Waals surface area contributed by atoms with Crippen LogP contribution < -0.4 is 0 Å². The Morgan fingerprint density at radius 3 is 2.83 bits per heavy atom. The Labute approximate surface area is 155 Å². The molecule has 0 amide bonds. The molecule has 124 valence electrons. The van der Waals surface area contributed by atoms with Gasteiger partial charge in [0.2, 0.25) is 0 Å². The SMILES string of the molecule is CN1CCc2c(c3cc(I)ccc3n2CCc2ccccc2F)C1. The normalized spacial score (nSPS) is 15.0. The summed E-state index contributed by atoms with van der Waals surface area (Å²) in [4.78, 5) is 2.38. The molecule has 0 spiro atoms. The number of halogens is 2. The maximum atomic E-state index is 14.0. The fourth-order valence-corrected chi connectivity index (χ4v) is 4.24. The molecule has 2 heterocycles. The molecular formula is C20H20FIN2. The first-order valence-electron chi connectivity index (χ1n) is 8.35. The number of likely N-dealkylation sites (N-methyl/N-ethyl adjacent to an activating group) is 1. The second-order valence-electron chi connectivity index (χ2n) is 6.57. The van der Waals surface area contributed by atoms with Gasteiger partial charge in [-0.05, 0) is 71.5 Å². The minimum atomic E-state index is -0.0999. The molecule has 2 nitrogen and oxygen atoms in total. The van der Waals surface area contributed by atoms with E-state index in [0.717, 1.165) is 38.0 Å². The van der Waals surface area contributed by atoms with E-state index in [-0.39, 0.29) is 5.82 Å². The van der Waals surface area contributed by atoms with Crippen molar-refractivity contribution in [3.05, 3.63) is 68.7 Å². The Bertz CT molecular complexity index is 900. The van der Waals surface area contributed by atoms with E-state index in [1.165, 1.54) is 25.7 Å². The lowest BCUT2D eigenvalue weighted by Gasteiger charge is -2.24. The van der Waals surface area contributed by atoms with Crippen LogP contribution in [-0.4, -0.2) is 23.1 Å². The summed E-state index contributed by atoms with van der Waals surface area (Å²) in [7, 11) is 2.18. The molecule has 0 fully saturated rings. The number of hydrogen-bond donors (Lipinski definition) is 0. The van der Waals surface area contributed by atoms with E-state index in [1.54, 1.807) is 12.1 Å². The van der Waals surface area contributed by atoms with Crippen molar-refractivity contribution in [1.29, 1.82) is 0 Å². The molecule has 1 aliphatic heterocycles. The highest BCUT2D eigenvalue weighted by molar-refractivity contribution is 14.1. The van der Waals surface area contributed by atoms with Gasteiger partial charge in [-0.1, -0.05) is 18.2 Å². The quantitative estimate of drug-likeness (QED) is 0.547. The second kappa shape index (κ2) is 6.48. The van der Waals surface area contributed by atoms with E-state index >= 15 is 0 Å². The summed E-state index contributed by atoms with van der Waals surface area (Å²) < 4.78 is 17.6. The smallest absolute Gasteiger partial charge is 0.126 e. The highest BCUT2D eigenvalue weighted by Crippen LogP contribution is 2.32. The molecule has 4 rings (SSSR count). The molecule has 24 heavy (non-hydrogen) atoms. The number of fused-ring (bicyclic) bond motifs is 3. The summed E-state index contributed by atoms with van der Waals surface area (Å²) in [6, 6.07) is 13.8. The summed E-state index contributed by atoms with van der Waals surface area (Å²) in [6.07, 6.45) is 1.79. The van der Waals surface area contributed by atoms with E-state index in [4.69, 9.17) is 0 Å². The van der Waals surface area contributed by atoms with Gasteiger partial charge in [-0.25, -0.2) is 4.39 Å². The number of benzene rings is 2. The third kappa shape index (κ3) is 2.86. The summed E-state index contributed by atoms with van der Waals surface area (Å²) in [5.74, 6) is -0.0999. The van der Waals surface area contributed by atoms with E-state index < -0.39 is 0 Å². The summed E-state index contributed by atoms with van der Waals surface area (Å²) in [6.45, 7) is 2.91. The first kappa shape index (κ1) is 16.1. The lowest BCUT2D eigenvalue weighted by Crippen LogP contribution is -2.27. The average molecular weight is 434 g/mol. The third-order valence-electron chi connectivity index (χ3n) is 4.97. The van der Waals surface area contributed by atoms with Gasteiger partial charge >= 0.3 is 0 Å². The number of aryl methyl sites for hydroxylation is 2. The molecule has 2 aromatic carbocycles. The van der Waals surface area contributed by atoms with Crippen LogP contribution in [0.4, 0.5) is 4.39 Å². The van der Waals surface area contributed by atoms with Crippen molar-refractivity contribution in [2.24, 2.45) is 0 Å². The Balaban J connectivity index is 1.76. The molecule has 1 aliphatic rings. The lowest BCUT2D eigenvalue weighted by molar-refractivity contribution is 0.309. The zero-order valence-corrected chi connectivity index (χ0v) is 15.9. The first-order chi connectivity index (χ1) is 11.6. The lowest BCUT2D eigenvalue weighted by atomic mass is 10.1. The van der Waals surface area contributed by atoms with Crippen LogP contribution in [0, 0.1) is 9.39 Å². The van der Waals surface area contributed by atoms with Crippen LogP contribution in [0.5, 0.6) is 0 Å².